The van der Waals surface area contributed by atoms with Crippen molar-refractivity contribution in [1.29, 1.82) is 10.5 Å². The van der Waals surface area contributed by atoms with Gasteiger partial charge in [0.1, 0.15) is 12.1 Å². The van der Waals surface area contributed by atoms with Gasteiger partial charge in [-0.15, -0.1) is 0 Å². The van der Waals surface area contributed by atoms with Crippen LogP contribution >= 0.6 is 0 Å². The summed E-state index contributed by atoms with van der Waals surface area (Å²) < 4.78 is 0. The van der Waals surface area contributed by atoms with Gasteiger partial charge in [-0.25, -0.2) is 0 Å². The summed E-state index contributed by atoms with van der Waals surface area (Å²) in [4.78, 5) is 2.16. The average molecular weight is 290 g/mol. The lowest BCUT2D eigenvalue weighted by molar-refractivity contribution is 0.716. The lowest BCUT2D eigenvalue weighted by Gasteiger charge is -2.27. The number of rotatable bonds is 5. The van der Waals surface area contributed by atoms with Crippen molar-refractivity contribution in [2.45, 2.75) is 13.0 Å². The first-order chi connectivity index (χ1) is 10.7. The summed E-state index contributed by atoms with van der Waals surface area (Å²) >= 11 is 0. The number of anilines is 2. The molecule has 2 rings (SSSR count). The molecule has 0 saturated heterocycles. The first-order valence-electron chi connectivity index (χ1n) is 7.12. The van der Waals surface area contributed by atoms with Crippen LogP contribution in [-0.4, -0.2) is 19.6 Å². The van der Waals surface area contributed by atoms with Crippen molar-refractivity contribution >= 4 is 11.4 Å². The number of hydrogen-bond donors (Lipinski definition) is 1. The third-order valence-corrected chi connectivity index (χ3v) is 3.70. The van der Waals surface area contributed by atoms with Crippen LogP contribution < -0.4 is 10.2 Å². The van der Waals surface area contributed by atoms with E-state index >= 15 is 0 Å². The summed E-state index contributed by atoms with van der Waals surface area (Å²) in [6.45, 7) is 2.74. The molecule has 0 heterocycles. The minimum Gasteiger partial charge on any atom is -0.381 e. The monoisotopic (exact) mass is 290 g/mol. The highest BCUT2D eigenvalue weighted by atomic mass is 15.1. The summed E-state index contributed by atoms with van der Waals surface area (Å²) in [6, 6.07) is 19.7. The van der Waals surface area contributed by atoms with Gasteiger partial charge in [-0.3, -0.25) is 0 Å². The third-order valence-electron chi connectivity index (χ3n) is 3.70. The Hall–Kier alpha value is -2.98. The van der Waals surface area contributed by atoms with Crippen LogP contribution in [0.1, 0.15) is 18.1 Å². The standard InChI is InChI=1S/C18H18N4/c1-14(22(2)17-9-4-3-5-10-17)13-21-18-15(11-19)7-6-8-16(18)12-20/h3-10,14,21H,13H2,1-2H3. The maximum Gasteiger partial charge on any atom is 0.101 e. The zero-order valence-corrected chi connectivity index (χ0v) is 12.7. The first kappa shape index (κ1) is 15.4. The molecule has 0 saturated carbocycles. The maximum absolute atomic E-state index is 9.18. The molecule has 1 atom stereocenters. The average Bonchev–Trinajstić information content (AvgIpc) is 2.59. The SMILES string of the molecule is CC(CNc1c(C#N)cccc1C#N)N(C)c1ccccc1. The molecule has 0 radical (unpaired) electrons. The van der Waals surface area contributed by atoms with Gasteiger partial charge in [0, 0.05) is 25.3 Å². The predicted molar refractivity (Wildman–Crippen MR) is 88.7 cm³/mol. The Morgan fingerprint density at radius 2 is 1.59 bits per heavy atom. The zero-order valence-electron chi connectivity index (χ0n) is 12.7. The van der Waals surface area contributed by atoms with Gasteiger partial charge in [0.15, 0.2) is 0 Å². The highest BCUT2D eigenvalue weighted by Crippen LogP contribution is 2.21. The van der Waals surface area contributed by atoms with Gasteiger partial charge in [0.2, 0.25) is 0 Å². The van der Waals surface area contributed by atoms with Gasteiger partial charge in [-0.05, 0) is 31.2 Å². The molecule has 4 nitrogen and oxygen atoms in total. The van der Waals surface area contributed by atoms with E-state index in [0.29, 0.717) is 23.4 Å². The van der Waals surface area contributed by atoms with E-state index in [4.69, 9.17) is 0 Å². The van der Waals surface area contributed by atoms with E-state index in [9.17, 15) is 10.5 Å². The number of nitrogens with zero attached hydrogens (tertiary/aromatic N) is 3. The molecule has 0 aliphatic heterocycles. The van der Waals surface area contributed by atoms with Crippen molar-refractivity contribution in [1.82, 2.24) is 0 Å². The molecule has 0 aromatic heterocycles. The number of hydrogen-bond acceptors (Lipinski definition) is 4. The second-order valence-corrected chi connectivity index (χ2v) is 5.13. The Labute approximate surface area is 131 Å². The Balaban J connectivity index is 2.11. The second-order valence-electron chi connectivity index (χ2n) is 5.13. The van der Waals surface area contributed by atoms with Crippen LogP contribution in [0.4, 0.5) is 11.4 Å². The van der Waals surface area contributed by atoms with Gasteiger partial charge in [0.25, 0.3) is 0 Å². The molecule has 110 valence electrons. The van der Waals surface area contributed by atoms with E-state index in [-0.39, 0.29) is 6.04 Å². The fourth-order valence-corrected chi connectivity index (χ4v) is 2.23. The van der Waals surface area contributed by atoms with Crippen molar-refractivity contribution in [3.8, 4) is 12.1 Å². The van der Waals surface area contributed by atoms with Crippen molar-refractivity contribution in [2.24, 2.45) is 0 Å². The summed E-state index contributed by atoms with van der Waals surface area (Å²) in [6.07, 6.45) is 0. The van der Waals surface area contributed by atoms with E-state index < -0.39 is 0 Å². The van der Waals surface area contributed by atoms with Gasteiger partial charge < -0.3 is 10.2 Å². The van der Waals surface area contributed by atoms with Crippen LogP contribution in [0.5, 0.6) is 0 Å². The lowest BCUT2D eigenvalue weighted by atomic mass is 10.1. The normalized spacial score (nSPS) is 11.1. The van der Waals surface area contributed by atoms with E-state index in [1.54, 1.807) is 18.2 Å². The quantitative estimate of drug-likeness (QED) is 0.917. The van der Waals surface area contributed by atoms with Crippen molar-refractivity contribution in [3.63, 3.8) is 0 Å². The summed E-state index contributed by atoms with van der Waals surface area (Å²) in [5, 5.41) is 21.6. The second kappa shape index (κ2) is 7.15. The predicted octanol–water partition coefficient (Wildman–Crippen LogP) is 3.37. The fourth-order valence-electron chi connectivity index (χ4n) is 2.23. The van der Waals surface area contributed by atoms with Crippen molar-refractivity contribution in [3.05, 3.63) is 59.7 Å². The Morgan fingerprint density at radius 3 is 2.14 bits per heavy atom. The number of nitriles is 2. The first-order valence-corrected chi connectivity index (χ1v) is 7.12. The smallest absolute Gasteiger partial charge is 0.101 e. The molecule has 2 aromatic rings. The van der Waals surface area contributed by atoms with Gasteiger partial charge >= 0.3 is 0 Å². The van der Waals surface area contributed by atoms with E-state index in [1.807, 2.05) is 25.2 Å². The number of benzene rings is 2. The zero-order chi connectivity index (χ0) is 15.9. The number of likely N-dealkylation sites (N-methyl/N-ethyl adjacent to an activating group) is 1. The van der Waals surface area contributed by atoms with Crippen LogP contribution in [0, 0.1) is 22.7 Å². The minimum absolute atomic E-state index is 0.209. The summed E-state index contributed by atoms with van der Waals surface area (Å²) in [5.74, 6) is 0. The topological polar surface area (TPSA) is 62.9 Å². The van der Waals surface area contributed by atoms with Crippen LogP contribution in [0.25, 0.3) is 0 Å². The molecule has 1 N–H and O–H groups in total. The van der Waals surface area contributed by atoms with Gasteiger partial charge in [-0.1, -0.05) is 24.3 Å². The number of nitrogens with one attached hydrogen (secondary N) is 1. The largest absolute Gasteiger partial charge is 0.381 e. The van der Waals surface area contributed by atoms with Crippen LogP contribution in [0.2, 0.25) is 0 Å². The van der Waals surface area contributed by atoms with Crippen molar-refractivity contribution in [2.75, 3.05) is 23.8 Å². The summed E-state index contributed by atoms with van der Waals surface area (Å²) in [7, 11) is 2.03. The Kier molecular flexibility index (Phi) is 5.01. The molecule has 4 heteroatoms. The van der Waals surface area contributed by atoms with E-state index in [1.165, 1.54) is 0 Å². The molecule has 0 fully saturated rings. The highest BCUT2D eigenvalue weighted by Gasteiger charge is 2.12. The van der Waals surface area contributed by atoms with Crippen molar-refractivity contribution < 1.29 is 0 Å². The Bertz CT molecular complexity index is 678. The highest BCUT2D eigenvalue weighted by molar-refractivity contribution is 5.66. The Morgan fingerprint density at radius 1 is 1.00 bits per heavy atom. The molecule has 1 unspecified atom stereocenters. The van der Waals surface area contributed by atoms with E-state index in [2.05, 4.69) is 41.4 Å². The molecule has 0 bridgehead atoms. The van der Waals surface area contributed by atoms with E-state index in [0.717, 1.165) is 5.69 Å². The molecule has 0 spiro atoms. The maximum atomic E-state index is 9.18. The third kappa shape index (κ3) is 3.37. The molecule has 2 aromatic carbocycles. The minimum atomic E-state index is 0.209. The van der Waals surface area contributed by atoms with Gasteiger partial charge in [-0.2, -0.15) is 10.5 Å². The molecular weight excluding hydrogens is 272 g/mol. The van der Waals surface area contributed by atoms with Crippen LogP contribution in [-0.2, 0) is 0 Å². The summed E-state index contributed by atoms with van der Waals surface area (Å²) in [5.41, 5.74) is 2.73. The lowest BCUT2D eigenvalue weighted by Crippen LogP contribution is -2.35. The van der Waals surface area contributed by atoms with Crippen LogP contribution in [0.3, 0.4) is 0 Å². The molecule has 0 amide bonds. The fraction of sp³-hybridized carbons (Fsp3) is 0.222. The molecular formula is C18H18N4. The van der Waals surface area contributed by atoms with Gasteiger partial charge in [0.05, 0.1) is 16.8 Å². The molecule has 0 aliphatic carbocycles. The molecule has 22 heavy (non-hydrogen) atoms. The molecule has 0 aliphatic rings. The van der Waals surface area contributed by atoms with Crippen LogP contribution in [0.15, 0.2) is 48.5 Å². The number of para-hydroxylation sites is 2.